The lowest BCUT2D eigenvalue weighted by atomic mass is 9.93. The fraction of sp³-hybridized carbons (Fsp3) is 0.273. The van der Waals surface area contributed by atoms with Gasteiger partial charge < -0.3 is 14.6 Å². The Morgan fingerprint density at radius 2 is 1.76 bits per heavy atom. The van der Waals surface area contributed by atoms with Gasteiger partial charge >= 0.3 is 6.03 Å². The number of nitrogens with zero attached hydrogens (tertiary/aromatic N) is 1. The number of rotatable bonds is 6. The third-order valence-electron chi connectivity index (χ3n) is 4.18. The number of aromatic nitrogens is 1. The quantitative estimate of drug-likeness (QED) is 0.586. The third kappa shape index (κ3) is 6.07. The summed E-state index contributed by atoms with van der Waals surface area (Å²) in [6, 6.07) is 14.7. The Morgan fingerprint density at radius 1 is 1.07 bits per heavy atom. The number of hydrogen-bond donors (Lipinski definition) is 2. The van der Waals surface area contributed by atoms with Gasteiger partial charge in [-0.2, -0.15) is 0 Å². The number of ether oxygens (including phenoxy) is 1. The van der Waals surface area contributed by atoms with Gasteiger partial charge in [-0.1, -0.05) is 38.1 Å². The van der Waals surface area contributed by atoms with E-state index in [1.54, 1.807) is 42.5 Å². The fourth-order valence-electron chi connectivity index (χ4n) is 2.54. The van der Waals surface area contributed by atoms with Crippen LogP contribution in [0.4, 0.5) is 20.7 Å². The van der Waals surface area contributed by atoms with E-state index in [9.17, 15) is 9.18 Å². The molecule has 1 heterocycles. The molecule has 7 heteroatoms. The maximum atomic E-state index is 12.9. The van der Waals surface area contributed by atoms with Crippen molar-refractivity contribution < 1.29 is 18.4 Å². The number of halogens is 1. The van der Waals surface area contributed by atoms with Gasteiger partial charge in [0.15, 0.2) is 5.82 Å². The molecule has 0 unspecified atom stereocenters. The van der Waals surface area contributed by atoms with Gasteiger partial charge in [0, 0.05) is 23.6 Å². The number of amides is 2. The van der Waals surface area contributed by atoms with E-state index in [0.717, 1.165) is 5.56 Å². The first-order chi connectivity index (χ1) is 13.8. The second kappa shape index (κ2) is 8.77. The minimum Gasteiger partial charge on any atom is -0.493 e. The van der Waals surface area contributed by atoms with E-state index in [1.807, 2.05) is 20.8 Å². The molecule has 0 aliphatic heterocycles. The zero-order valence-corrected chi connectivity index (χ0v) is 16.7. The molecule has 29 heavy (non-hydrogen) atoms. The van der Waals surface area contributed by atoms with Crippen LogP contribution >= 0.6 is 0 Å². The Hall–Kier alpha value is -3.35. The molecule has 2 aromatic carbocycles. The predicted molar refractivity (Wildman–Crippen MR) is 110 cm³/mol. The number of benzene rings is 2. The smallest absolute Gasteiger partial charge is 0.324 e. The number of anilines is 2. The molecule has 2 N–H and O–H groups in total. The second-order valence-electron chi connectivity index (χ2n) is 7.65. The van der Waals surface area contributed by atoms with Crippen molar-refractivity contribution in [3.63, 3.8) is 0 Å². The van der Waals surface area contributed by atoms with E-state index in [0.29, 0.717) is 36.0 Å². The lowest BCUT2D eigenvalue weighted by Gasteiger charge is -2.12. The number of carbonyl (C=O) groups is 1. The topological polar surface area (TPSA) is 76.4 Å². The van der Waals surface area contributed by atoms with Crippen molar-refractivity contribution in [2.24, 2.45) is 0 Å². The molecule has 2 amide bonds. The standard InChI is InChI=1S/C22H24FN3O3/c1-22(2,3)19-14-20(26-29-19)25-21(27)24-17-8-10-18(11-9-17)28-13-12-15-4-6-16(23)7-5-15/h4-11,14H,12-13H2,1-3H3,(H2,24,25,26,27). The van der Waals surface area contributed by atoms with Crippen molar-refractivity contribution in [1.29, 1.82) is 0 Å². The zero-order valence-electron chi connectivity index (χ0n) is 16.7. The summed E-state index contributed by atoms with van der Waals surface area (Å²) in [7, 11) is 0. The van der Waals surface area contributed by atoms with Gasteiger partial charge in [-0.15, -0.1) is 0 Å². The zero-order chi connectivity index (χ0) is 20.9. The molecule has 0 fully saturated rings. The molecular formula is C22H24FN3O3. The molecule has 3 aromatic rings. The molecular weight excluding hydrogens is 373 g/mol. The monoisotopic (exact) mass is 397 g/mol. The summed E-state index contributed by atoms with van der Waals surface area (Å²) in [4.78, 5) is 12.1. The Kier molecular flexibility index (Phi) is 6.16. The first-order valence-electron chi connectivity index (χ1n) is 9.32. The molecule has 0 atom stereocenters. The van der Waals surface area contributed by atoms with Crippen LogP contribution in [-0.4, -0.2) is 17.8 Å². The van der Waals surface area contributed by atoms with Gasteiger partial charge in [-0.05, 0) is 42.0 Å². The summed E-state index contributed by atoms with van der Waals surface area (Å²) < 4.78 is 23.8. The Bertz CT molecular complexity index is 945. The van der Waals surface area contributed by atoms with E-state index in [2.05, 4.69) is 15.8 Å². The van der Waals surface area contributed by atoms with Crippen molar-refractivity contribution in [2.45, 2.75) is 32.6 Å². The number of hydrogen-bond acceptors (Lipinski definition) is 4. The SMILES string of the molecule is CC(C)(C)c1cc(NC(=O)Nc2ccc(OCCc3ccc(F)cc3)cc2)no1. The number of carbonyl (C=O) groups excluding carboxylic acids is 1. The normalized spacial score (nSPS) is 11.2. The first-order valence-corrected chi connectivity index (χ1v) is 9.32. The van der Waals surface area contributed by atoms with Crippen LogP contribution in [0.3, 0.4) is 0 Å². The highest BCUT2D eigenvalue weighted by atomic mass is 19.1. The molecule has 1 aromatic heterocycles. The van der Waals surface area contributed by atoms with Crippen molar-refractivity contribution in [3.05, 3.63) is 71.7 Å². The van der Waals surface area contributed by atoms with Crippen LogP contribution in [0.15, 0.2) is 59.1 Å². The highest BCUT2D eigenvalue weighted by Crippen LogP contribution is 2.24. The molecule has 0 bridgehead atoms. The Balaban J connectivity index is 1.46. The summed E-state index contributed by atoms with van der Waals surface area (Å²) in [5.74, 6) is 1.48. The van der Waals surface area contributed by atoms with Gasteiger partial charge in [0.05, 0.1) is 6.61 Å². The van der Waals surface area contributed by atoms with Crippen LogP contribution in [0.25, 0.3) is 0 Å². The van der Waals surface area contributed by atoms with E-state index < -0.39 is 6.03 Å². The minimum absolute atomic E-state index is 0.185. The molecule has 0 saturated heterocycles. The largest absolute Gasteiger partial charge is 0.493 e. The van der Waals surface area contributed by atoms with E-state index >= 15 is 0 Å². The van der Waals surface area contributed by atoms with Gasteiger partial charge in [-0.3, -0.25) is 5.32 Å². The third-order valence-corrected chi connectivity index (χ3v) is 4.18. The summed E-state index contributed by atoms with van der Waals surface area (Å²) in [5.41, 5.74) is 1.44. The maximum absolute atomic E-state index is 12.9. The van der Waals surface area contributed by atoms with Crippen molar-refractivity contribution in [1.82, 2.24) is 5.16 Å². The number of nitrogens with one attached hydrogen (secondary N) is 2. The van der Waals surface area contributed by atoms with Crippen molar-refractivity contribution >= 4 is 17.5 Å². The summed E-state index contributed by atoms with van der Waals surface area (Å²) in [6.07, 6.45) is 0.678. The molecule has 152 valence electrons. The predicted octanol–water partition coefficient (Wildman–Crippen LogP) is 5.38. The average Bonchev–Trinajstić information content (AvgIpc) is 3.13. The highest BCUT2D eigenvalue weighted by molar-refractivity contribution is 5.99. The lowest BCUT2D eigenvalue weighted by Crippen LogP contribution is -2.19. The molecule has 0 spiro atoms. The summed E-state index contributed by atoms with van der Waals surface area (Å²) in [5, 5.41) is 9.23. The number of urea groups is 1. The van der Waals surface area contributed by atoms with Crippen LogP contribution in [-0.2, 0) is 11.8 Å². The molecule has 0 radical (unpaired) electrons. The first kappa shape index (κ1) is 20.4. The minimum atomic E-state index is -0.413. The Labute approximate surface area is 169 Å². The fourth-order valence-corrected chi connectivity index (χ4v) is 2.54. The van der Waals surface area contributed by atoms with Crippen LogP contribution in [0.2, 0.25) is 0 Å². The molecule has 0 aliphatic rings. The molecule has 0 saturated carbocycles. The van der Waals surface area contributed by atoms with Crippen LogP contribution in [0, 0.1) is 5.82 Å². The van der Waals surface area contributed by atoms with Crippen LogP contribution in [0.5, 0.6) is 5.75 Å². The van der Waals surface area contributed by atoms with Gasteiger partial charge in [0.1, 0.15) is 17.3 Å². The van der Waals surface area contributed by atoms with Gasteiger partial charge in [0.2, 0.25) is 0 Å². The van der Waals surface area contributed by atoms with E-state index in [-0.39, 0.29) is 11.2 Å². The van der Waals surface area contributed by atoms with Crippen LogP contribution in [0.1, 0.15) is 32.1 Å². The highest BCUT2D eigenvalue weighted by Gasteiger charge is 2.20. The summed E-state index contributed by atoms with van der Waals surface area (Å²) >= 11 is 0. The van der Waals surface area contributed by atoms with Gasteiger partial charge in [-0.25, -0.2) is 9.18 Å². The maximum Gasteiger partial charge on any atom is 0.324 e. The average molecular weight is 397 g/mol. The Morgan fingerprint density at radius 3 is 2.38 bits per heavy atom. The van der Waals surface area contributed by atoms with Crippen molar-refractivity contribution in [3.8, 4) is 5.75 Å². The lowest BCUT2D eigenvalue weighted by molar-refractivity contribution is 0.262. The summed E-state index contributed by atoms with van der Waals surface area (Å²) in [6.45, 7) is 6.48. The molecule has 6 nitrogen and oxygen atoms in total. The molecule has 0 aliphatic carbocycles. The second-order valence-corrected chi connectivity index (χ2v) is 7.65. The van der Waals surface area contributed by atoms with Crippen molar-refractivity contribution in [2.75, 3.05) is 17.2 Å². The van der Waals surface area contributed by atoms with E-state index in [1.165, 1.54) is 12.1 Å². The van der Waals surface area contributed by atoms with Gasteiger partial charge in [0.25, 0.3) is 0 Å². The van der Waals surface area contributed by atoms with Crippen LogP contribution < -0.4 is 15.4 Å². The molecule has 3 rings (SSSR count). The van der Waals surface area contributed by atoms with E-state index in [4.69, 9.17) is 9.26 Å².